The van der Waals surface area contributed by atoms with Crippen molar-refractivity contribution in [2.45, 2.75) is 6.42 Å². The highest BCUT2D eigenvalue weighted by Crippen LogP contribution is 2.27. The topological polar surface area (TPSA) is 119 Å². The van der Waals surface area contributed by atoms with Crippen LogP contribution in [0.3, 0.4) is 0 Å². The summed E-state index contributed by atoms with van der Waals surface area (Å²) in [7, 11) is 0. The first-order chi connectivity index (χ1) is 15.7. The number of benzene rings is 1. The van der Waals surface area contributed by atoms with E-state index in [0.717, 1.165) is 29.7 Å². The van der Waals surface area contributed by atoms with Crippen molar-refractivity contribution in [2.24, 2.45) is 0 Å². The van der Waals surface area contributed by atoms with Gasteiger partial charge in [-0.2, -0.15) is 0 Å². The second-order valence-corrected chi connectivity index (χ2v) is 7.70. The number of nitrogen functional groups attached to an aromatic ring is 1. The number of hydrogen-bond acceptors (Lipinski definition) is 7. The standard InChI is InChI=1S/C23H20IN7O/c24-29-11-7-15-3-5-16(6-4-15)19-14-28-22(25)21(30-19)23(32)31-20-13-27-10-8-18(20)17-2-1-9-26-12-17/h1-6,8-10,12-14,29H,7,11H2,(H2,25,28)(H,31,32). The first-order valence-electron chi connectivity index (χ1n) is 9.87. The monoisotopic (exact) mass is 537 g/mol. The summed E-state index contributed by atoms with van der Waals surface area (Å²) < 4.78 is 3.10. The lowest BCUT2D eigenvalue weighted by Gasteiger charge is -2.12. The first-order valence-corrected chi connectivity index (χ1v) is 10.9. The Morgan fingerprint density at radius 3 is 2.53 bits per heavy atom. The third-order valence-electron chi connectivity index (χ3n) is 4.82. The molecule has 0 aliphatic rings. The second-order valence-electron chi connectivity index (χ2n) is 6.94. The summed E-state index contributed by atoms with van der Waals surface area (Å²) in [6, 6.07) is 13.6. The largest absolute Gasteiger partial charge is 0.382 e. The van der Waals surface area contributed by atoms with E-state index in [2.05, 4.69) is 51.6 Å². The van der Waals surface area contributed by atoms with E-state index >= 15 is 0 Å². The number of nitrogens with one attached hydrogen (secondary N) is 2. The van der Waals surface area contributed by atoms with Gasteiger partial charge in [-0.3, -0.25) is 18.3 Å². The van der Waals surface area contributed by atoms with Crippen LogP contribution in [0.5, 0.6) is 0 Å². The molecule has 1 aromatic carbocycles. The zero-order valence-corrected chi connectivity index (χ0v) is 19.2. The van der Waals surface area contributed by atoms with Crippen LogP contribution in [0.25, 0.3) is 22.4 Å². The molecule has 0 saturated carbocycles. The molecule has 0 unspecified atom stereocenters. The van der Waals surface area contributed by atoms with Crippen LogP contribution in [-0.2, 0) is 6.42 Å². The van der Waals surface area contributed by atoms with Gasteiger partial charge >= 0.3 is 0 Å². The lowest BCUT2D eigenvalue weighted by atomic mass is 10.1. The van der Waals surface area contributed by atoms with Crippen LogP contribution >= 0.6 is 22.9 Å². The molecule has 0 aliphatic heterocycles. The summed E-state index contributed by atoms with van der Waals surface area (Å²) in [6.07, 6.45) is 9.15. The van der Waals surface area contributed by atoms with Crippen molar-refractivity contribution >= 4 is 40.3 Å². The van der Waals surface area contributed by atoms with Crippen LogP contribution in [0.1, 0.15) is 16.1 Å². The lowest BCUT2D eigenvalue weighted by molar-refractivity contribution is 0.102. The number of aromatic nitrogens is 4. The second kappa shape index (κ2) is 10.2. The van der Waals surface area contributed by atoms with Crippen molar-refractivity contribution in [1.82, 2.24) is 23.5 Å². The number of hydrogen-bond donors (Lipinski definition) is 3. The molecule has 160 valence electrons. The molecule has 8 nitrogen and oxygen atoms in total. The van der Waals surface area contributed by atoms with E-state index in [9.17, 15) is 4.79 Å². The minimum Gasteiger partial charge on any atom is -0.382 e. The predicted octanol–water partition coefficient (Wildman–Crippen LogP) is 3.92. The van der Waals surface area contributed by atoms with Gasteiger partial charge in [0.2, 0.25) is 0 Å². The summed E-state index contributed by atoms with van der Waals surface area (Å²) in [6.45, 7) is 0.890. The number of anilines is 2. The molecule has 0 spiro atoms. The van der Waals surface area contributed by atoms with E-state index in [1.54, 1.807) is 31.0 Å². The fourth-order valence-corrected chi connectivity index (χ4v) is 3.46. The molecule has 4 N–H and O–H groups in total. The van der Waals surface area contributed by atoms with Gasteiger partial charge in [-0.15, -0.1) is 0 Å². The van der Waals surface area contributed by atoms with Gasteiger partial charge in [-0.25, -0.2) is 9.97 Å². The zero-order valence-electron chi connectivity index (χ0n) is 17.0. The number of pyridine rings is 2. The molecule has 0 bridgehead atoms. The molecule has 1 amide bonds. The minimum absolute atomic E-state index is 0.0571. The number of carbonyl (C=O) groups is 1. The maximum absolute atomic E-state index is 13.0. The van der Waals surface area contributed by atoms with Crippen molar-refractivity contribution < 1.29 is 4.79 Å². The van der Waals surface area contributed by atoms with Crippen LogP contribution in [0.2, 0.25) is 0 Å². The van der Waals surface area contributed by atoms with E-state index in [0.29, 0.717) is 11.4 Å². The van der Waals surface area contributed by atoms with Gasteiger partial charge in [0, 0.05) is 64.7 Å². The number of amides is 1. The van der Waals surface area contributed by atoms with Crippen molar-refractivity contribution in [3.05, 3.63) is 84.7 Å². The highest BCUT2D eigenvalue weighted by atomic mass is 127. The third kappa shape index (κ3) is 5.06. The first kappa shape index (κ1) is 21.8. The minimum atomic E-state index is -0.459. The molecule has 0 radical (unpaired) electrons. The molecular weight excluding hydrogens is 517 g/mol. The molecule has 9 heteroatoms. The quantitative estimate of drug-likeness (QED) is 0.242. The maximum atomic E-state index is 13.0. The molecule has 0 aliphatic carbocycles. The van der Waals surface area contributed by atoms with Gasteiger partial charge in [0.25, 0.3) is 5.91 Å². The Balaban J connectivity index is 1.59. The Labute approximate surface area is 199 Å². The van der Waals surface area contributed by atoms with Crippen LogP contribution in [-0.4, -0.2) is 32.4 Å². The maximum Gasteiger partial charge on any atom is 0.278 e. The Hall–Kier alpha value is -3.44. The predicted molar refractivity (Wildman–Crippen MR) is 133 cm³/mol. The van der Waals surface area contributed by atoms with E-state index in [1.165, 1.54) is 5.56 Å². The molecule has 3 aromatic heterocycles. The number of carbonyl (C=O) groups excluding carboxylic acids is 1. The van der Waals surface area contributed by atoms with Gasteiger partial charge < -0.3 is 11.1 Å². The average molecular weight is 537 g/mol. The number of halogens is 1. The summed E-state index contributed by atoms with van der Waals surface area (Å²) in [5.41, 5.74) is 10.9. The molecule has 4 rings (SSSR count). The van der Waals surface area contributed by atoms with Gasteiger partial charge in [-0.05, 0) is 24.1 Å². The number of nitrogens with two attached hydrogens (primary N) is 1. The third-order valence-corrected chi connectivity index (χ3v) is 5.35. The molecule has 0 saturated heterocycles. The van der Waals surface area contributed by atoms with Crippen LogP contribution < -0.4 is 14.6 Å². The SMILES string of the molecule is Nc1ncc(-c2ccc(CCNI)cc2)nc1C(=O)Nc1cnccc1-c1cccnc1. The van der Waals surface area contributed by atoms with Gasteiger partial charge in [0.05, 0.1) is 23.8 Å². The summed E-state index contributed by atoms with van der Waals surface area (Å²) in [4.78, 5) is 30.0. The number of nitrogens with zero attached hydrogens (tertiary/aromatic N) is 4. The van der Waals surface area contributed by atoms with E-state index in [1.807, 2.05) is 42.5 Å². The lowest BCUT2D eigenvalue weighted by Crippen LogP contribution is -2.18. The number of rotatable bonds is 7. The van der Waals surface area contributed by atoms with E-state index in [4.69, 9.17) is 5.73 Å². The summed E-state index contributed by atoms with van der Waals surface area (Å²) in [5, 5.41) is 2.86. The Bertz CT molecular complexity index is 1220. The van der Waals surface area contributed by atoms with Crippen molar-refractivity contribution in [3.8, 4) is 22.4 Å². The molecule has 4 aromatic rings. The smallest absolute Gasteiger partial charge is 0.278 e. The fraction of sp³-hybridized carbons (Fsp3) is 0.0870. The zero-order chi connectivity index (χ0) is 22.3. The van der Waals surface area contributed by atoms with Crippen molar-refractivity contribution in [3.63, 3.8) is 0 Å². The molecule has 32 heavy (non-hydrogen) atoms. The van der Waals surface area contributed by atoms with Gasteiger partial charge in [-0.1, -0.05) is 30.3 Å². The highest BCUT2D eigenvalue weighted by molar-refractivity contribution is 14.1. The molecular formula is C23H20IN7O. The van der Waals surface area contributed by atoms with Crippen LogP contribution in [0.15, 0.2) is 73.4 Å². The summed E-state index contributed by atoms with van der Waals surface area (Å²) in [5.74, 6) is -0.400. The van der Waals surface area contributed by atoms with E-state index < -0.39 is 5.91 Å². The molecule has 0 fully saturated rings. The molecule has 0 atom stereocenters. The van der Waals surface area contributed by atoms with Gasteiger partial charge in [0.1, 0.15) is 0 Å². The average Bonchev–Trinajstić information content (AvgIpc) is 2.84. The Kier molecular flexibility index (Phi) is 6.97. The van der Waals surface area contributed by atoms with Crippen LogP contribution in [0, 0.1) is 0 Å². The fourth-order valence-electron chi connectivity index (χ4n) is 3.19. The Morgan fingerprint density at radius 2 is 1.78 bits per heavy atom. The van der Waals surface area contributed by atoms with Gasteiger partial charge in [0.15, 0.2) is 11.5 Å². The normalized spacial score (nSPS) is 10.7. The highest BCUT2D eigenvalue weighted by Gasteiger charge is 2.17. The summed E-state index contributed by atoms with van der Waals surface area (Å²) >= 11 is 2.13. The van der Waals surface area contributed by atoms with E-state index in [-0.39, 0.29) is 11.5 Å². The molecule has 3 heterocycles. The van der Waals surface area contributed by atoms with Crippen molar-refractivity contribution in [2.75, 3.05) is 17.6 Å². The van der Waals surface area contributed by atoms with Crippen LogP contribution in [0.4, 0.5) is 11.5 Å². The van der Waals surface area contributed by atoms with Crippen molar-refractivity contribution in [1.29, 1.82) is 0 Å². The Morgan fingerprint density at radius 1 is 0.969 bits per heavy atom.